The Balaban J connectivity index is 1.40. The normalized spacial score (nSPS) is 19.0. The van der Waals surface area contributed by atoms with Crippen LogP contribution < -0.4 is 0 Å². The first-order valence-electron chi connectivity index (χ1n) is 10.4. The molecular formula is C22H28N4O3. The van der Waals surface area contributed by atoms with Crippen molar-refractivity contribution in [3.05, 3.63) is 53.1 Å². The van der Waals surface area contributed by atoms with E-state index in [0.717, 1.165) is 25.2 Å². The molecule has 7 heteroatoms. The minimum Gasteiger partial charge on any atom is -0.450 e. The highest BCUT2D eigenvalue weighted by atomic mass is 16.6. The maximum absolute atomic E-state index is 12.9. The Hall–Kier alpha value is -2.83. The number of hydrogen-bond donors (Lipinski definition) is 0. The van der Waals surface area contributed by atoms with Gasteiger partial charge < -0.3 is 19.1 Å². The number of carbonyl (C=O) groups excluding carboxylic acids is 2. The number of rotatable bonds is 3. The van der Waals surface area contributed by atoms with Crippen LogP contribution in [0.1, 0.15) is 46.7 Å². The van der Waals surface area contributed by atoms with Gasteiger partial charge in [0.15, 0.2) is 0 Å². The number of imidazole rings is 1. The lowest BCUT2D eigenvalue weighted by Gasteiger charge is -2.33. The van der Waals surface area contributed by atoms with Gasteiger partial charge in [0.05, 0.1) is 6.61 Å². The summed E-state index contributed by atoms with van der Waals surface area (Å²) in [5, 5.41) is 0. The Morgan fingerprint density at radius 3 is 2.66 bits per heavy atom. The molecule has 2 aliphatic heterocycles. The minimum absolute atomic E-state index is 0.0532. The summed E-state index contributed by atoms with van der Waals surface area (Å²) in [6, 6.07) is 8.67. The van der Waals surface area contributed by atoms with Crippen LogP contribution in [0.3, 0.4) is 0 Å². The Morgan fingerprint density at radius 1 is 1.17 bits per heavy atom. The number of hydrogen-bond acceptors (Lipinski definition) is 4. The van der Waals surface area contributed by atoms with Gasteiger partial charge in [-0.15, -0.1) is 0 Å². The second-order valence-corrected chi connectivity index (χ2v) is 7.82. The molecule has 1 aromatic heterocycles. The van der Waals surface area contributed by atoms with Crippen LogP contribution in [0.15, 0.2) is 30.5 Å². The molecule has 1 aromatic carbocycles. The van der Waals surface area contributed by atoms with Crippen molar-refractivity contribution in [2.45, 2.75) is 39.2 Å². The largest absolute Gasteiger partial charge is 0.450 e. The molecule has 1 fully saturated rings. The summed E-state index contributed by atoms with van der Waals surface area (Å²) in [7, 11) is 0. The van der Waals surface area contributed by atoms with Crippen LogP contribution in [0.5, 0.6) is 0 Å². The van der Waals surface area contributed by atoms with Gasteiger partial charge in [-0.1, -0.05) is 29.8 Å². The summed E-state index contributed by atoms with van der Waals surface area (Å²) < 4.78 is 7.18. The van der Waals surface area contributed by atoms with E-state index in [1.165, 1.54) is 11.1 Å². The van der Waals surface area contributed by atoms with E-state index in [0.29, 0.717) is 44.4 Å². The summed E-state index contributed by atoms with van der Waals surface area (Å²) >= 11 is 0. The van der Waals surface area contributed by atoms with Gasteiger partial charge >= 0.3 is 6.09 Å². The van der Waals surface area contributed by atoms with Crippen molar-refractivity contribution >= 4 is 12.0 Å². The van der Waals surface area contributed by atoms with Crippen molar-refractivity contribution in [2.24, 2.45) is 0 Å². The molecule has 1 saturated heterocycles. The molecule has 2 aromatic rings. The molecule has 2 amide bonds. The standard InChI is InChI=1S/C22H28N4O3/c1-3-29-22(28)25-11-9-24(10-12-25)21(27)19-15-26-14-18(7-8-20(26)23-19)17-6-4-5-16(2)13-17/h4-6,13,15,18H,3,7-12,14H2,1-2H3. The highest BCUT2D eigenvalue weighted by molar-refractivity contribution is 5.92. The molecule has 154 valence electrons. The average Bonchev–Trinajstić information content (AvgIpc) is 3.17. The van der Waals surface area contributed by atoms with E-state index in [2.05, 4.69) is 40.7 Å². The first kappa shape index (κ1) is 19.5. The van der Waals surface area contributed by atoms with Gasteiger partial charge in [0, 0.05) is 51.3 Å². The quantitative estimate of drug-likeness (QED) is 0.800. The number of benzene rings is 1. The molecule has 3 heterocycles. The molecule has 0 radical (unpaired) electrons. The summed E-state index contributed by atoms with van der Waals surface area (Å²) in [5.41, 5.74) is 3.14. The Kier molecular flexibility index (Phi) is 5.56. The van der Waals surface area contributed by atoms with E-state index in [9.17, 15) is 9.59 Å². The summed E-state index contributed by atoms with van der Waals surface area (Å²) in [6.07, 6.45) is 3.52. The van der Waals surface area contributed by atoms with E-state index in [-0.39, 0.29) is 12.0 Å². The highest BCUT2D eigenvalue weighted by Gasteiger charge is 2.29. The van der Waals surface area contributed by atoms with Gasteiger partial charge in [-0.05, 0) is 25.8 Å². The molecule has 0 bridgehead atoms. The molecule has 0 spiro atoms. The van der Waals surface area contributed by atoms with Crippen LogP contribution in [0.25, 0.3) is 0 Å². The number of fused-ring (bicyclic) bond motifs is 1. The zero-order valence-electron chi connectivity index (χ0n) is 17.1. The van der Waals surface area contributed by atoms with Crippen molar-refractivity contribution in [2.75, 3.05) is 32.8 Å². The second-order valence-electron chi connectivity index (χ2n) is 7.82. The first-order chi connectivity index (χ1) is 14.0. The zero-order chi connectivity index (χ0) is 20.4. The van der Waals surface area contributed by atoms with Gasteiger partial charge in [-0.2, -0.15) is 0 Å². The molecule has 1 atom stereocenters. The summed E-state index contributed by atoms with van der Waals surface area (Å²) in [4.78, 5) is 32.8. The number of aryl methyl sites for hydroxylation is 2. The highest BCUT2D eigenvalue weighted by Crippen LogP contribution is 2.29. The number of carbonyl (C=O) groups is 2. The van der Waals surface area contributed by atoms with Crippen LogP contribution in [-0.4, -0.2) is 64.1 Å². The number of aromatic nitrogens is 2. The molecule has 0 aliphatic carbocycles. The average molecular weight is 396 g/mol. The topological polar surface area (TPSA) is 67.7 Å². The second kappa shape index (κ2) is 8.27. The summed E-state index contributed by atoms with van der Waals surface area (Å²) in [5.74, 6) is 1.39. The maximum atomic E-state index is 12.9. The van der Waals surface area contributed by atoms with Crippen molar-refractivity contribution in [3.63, 3.8) is 0 Å². The van der Waals surface area contributed by atoms with Gasteiger partial charge in [0.1, 0.15) is 11.5 Å². The van der Waals surface area contributed by atoms with E-state index in [1.807, 2.05) is 6.20 Å². The van der Waals surface area contributed by atoms with E-state index in [4.69, 9.17) is 4.74 Å². The van der Waals surface area contributed by atoms with E-state index < -0.39 is 0 Å². The Bertz CT molecular complexity index is 899. The fourth-order valence-electron chi connectivity index (χ4n) is 4.21. The van der Waals surface area contributed by atoms with Crippen LogP contribution in [0.4, 0.5) is 4.79 Å². The zero-order valence-corrected chi connectivity index (χ0v) is 17.1. The summed E-state index contributed by atoms with van der Waals surface area (Å²) in [6.45, 7) is 7.13. The molecule has 0 N–H and O–H groups in total. The van der Waals surface area contributed by atoms with Crippen LogP contribution in [0.2, 0.25) is 0 Å². The predicted octanol–water partition coefficient (Wildman–Crippen LogP) is 2.84. The van der Waals surface area contributed by atoms with E-state index >= 15 is 0 Å². The van der Waals surface area contributed by atoms with Gasteiger partial charge in [0.25, 0.3) is 5.91 Å². The maximum Gasteiger partial charge on any atom is 0.409 e. The number of nitrogens with zero attached hydrogens (tertiary/aromatic N) is 4. The number of ether oxygens (including phenoxy) is 1. The predicted molar refractivity (Wildman–Crippen MR) is 109 cm³/mol. The van der Waals surface area contributed by atoms with Gasteiger partial charge in [0.2, 0.25) is 0 Å². The van der Waals surface area contributed by atoms with Crippen LogP contribution in [-0.2, 0) is 17.7 Å². The first-order valence-corrected chi connectivity index (χ1v) is 10.4. The third kappa shape index (κ3) is 4.13. The Labute approximate surface area is 171 Å². The molecule has 29 heavy (non-hydrogen) atoms. The Morgan fingerprint density at radius 2 is 1.93 bits per heavy atom. The number of amides is 2. The monoisotopic (exact) mass is 396 g/mol. The van der Waals surface area contributed by atoms with Crippen molar-refractivity contribution in [1.82, 2.24) is 19.4 Å². The van der Waals surface area contributed by atoms with Crippen LogP contribution >= 0.6 is 0 Å². The third-order valence-electron chi connectivity index (χ3n) is 5.82. The van der Waals surface area contributed by atoms with E-state index in [1.54, 1.807) is 16.7 Å². The van der Waals surface area contributed by atoms with Gasteiger partial charge in [-0.25, -0.2) is 9.78 Å². The number of piperazine rings is 1. The molecule has 0 saturated carbocycles. The van der Waals surface area contributed by atoms with Crippen molar-refractivity contribution in [1.29, 1.82) is 0 Å². The molecule has 7 nitrogen and oxygen atoms in total. The molecular weight excluding hydrogens is 368 g/mol. The SMILES string of the molecule is CCOC(=O)N1CCN(C(=O)c2cn3c(n2)CCC(c2cccc(C)c2)C3)CC1. The van der Waals surface area contributed by atoms with Crippen molar-refractivity contribution in [3.8, 4) is 0 Å². The van der Waals surface area contributed by atoms with Crippen molar-refractivity contribution < 1.29 is 14.3 Å². The fraction of sp³-hybridized carbons (Fsp3) is 0.500. The molecule has 4 rings (SSSR count). The third-order valence-corrected chi connectivity index (χ3v) is 5.82. The van der Waals surface area contributed by atoms with Gasteiger partial charge in [-0.3, -0.25) is 4.79 Å². The molecule has 2 aliphatic rings. The smallest absolute Gasteiger partial charge is 0.409 e. The lowest BCUT2D eigenvalue weighted by molar-refractivity contribution is 0.0566. The molecule has 1 unspecified atom stereocenters. The minimum atomic E-state index is -0.306. The lowest BCUT2D eigenvalue weighted by atomic mass is 9.91. The lowest BCUT2D eigenvalue weighted by Crippen LogP contribution is -2.50. The van der Waals surface area contributed by atoms with Crippen LogP contribution in [0, 0.1) is 6.92 Å². The fourth-order valence-corrected chi connectivity index (χ4v) is 4.21.